The second-order valence-electron chi connectivity index (χ2n) is 2.45. The minimum atomic E-state index is -0.746. The van der Waals surface area contributed by atoms with Gasteiger partial charge < -0.3 is 5.11 Å². The van der Waals surface area contributed by atoms with Crippen LogP contribution in [0.3, 0.4) is 0 Å². The number of hydrogen-bond acceptors (Lipinski definition) is 1. The molecule has 0 spiro atoms. The smallest absolute Gasteiger partial charge is 0.303 e. The number of hydrogen-bond donors (Lipinski definition) is 1. The van der Waals surface area contributed by atoms with E-state index in [0.29, 0.717) is 6.42 Å². The third kappa shape index (κ3) is 5.17. The van der Waals surface area contributed by atoms with E-state index in [1.807, 2.05) is 6.92 Å². The van der Waals surface area contributed by atoms with Crippen LogP contribution in [-0.2, 0) is 4.79 Å². The Labute approximate surface area is 61.2 Å². The van der Waals surface area contributed by atoms with Crippen LogP contribution in [0.15, 0.2) is 0 Å². The van der Waals surface area contributed by atoms with Gasteiger partial charge in [-0.1, -0.05) is 6.92 Å². The van der Waals surface area contributed by atoms with Gasteiger partial charge in [-0.2, -0.15) is 0 Å². The first-order valence-electron chi connectivity index (χ1n) is 3.32. The van der Waals surface area contributed by atoms with Crippen molar-refractivity contribution in [2.45, 2.75) is 26.2 Å². The number of aliphatic carboxylic acids is 1. The molecule has 0 saturated heterocycles. The largest absolute Gasteiger partial charge is 0.481 e. The molecule has 0 heterocycles. The third-order valence-corrected chi connectivity index (χ3v) is 1.30. The molecule has 1 N–H and O–H groups in total. The molecule has 0 saturated carbocycles. The fourth-order valence-electron chi connectivity index (χ4n) is 0.730. The van der Waals surface area contributed by atoms with Crippen LogP contribution in [0.4, 0.5) is 0 Å². The zero-order chi connectivity index (χ0) is 7.98. The molecule has 0 aliphatic rings. The van der Waals surface area contributed by atoms with Crippen LogP contribution in [-0.4, -0.2) is 11.1 Å². The van der Waals surface area contributed by atoms with Crippen molar-refractivity contribution in [2.24, 2.45) is 5.92 Å². The maximum atomic E-state index is 10.1. The van der Waals surface area contributed by atoms with Crippen molar-refractivity contribution in [1.29, 1.82) is 0 Å². The number of terminal acetylenes is 1. The lowest BCUT2D eigenvalue weighted by molar-refractivity contribution is -0.138. The molecule has 0 aromatic heterocycles. The van der Waals surface area contributed by atoms with E-state index in [-0.39, 0.29) is 12.3 Å². The van der Waals surface area contributed by atoms with Crippen molar-refractivity contribution in [3.8, 4) is 12.3 Å². The summed E-state index contributed by atoms with van der Waals surface area (Å²) in [5, 5.41) is 8.33. The lowest BCUT2D eigenvalue weighted by atomic mass is 10.0. The first kappa shape index (κ1) is 9.03. The zero-order valence-corrected chi connectivity index (χ0v) is 6.13. The van der Waals surface area contributed by atoms with E-state index in [1.54, 1.807) is 0 Å². The van der Waals surface area contributed by atoms with E-state index in [9.17, 15) is 4.79 Å². The first-order chi connectivity index (χ1) is 4.66. The van der Waals surface area contributed by atoms with Gasteiger partial charge in [0.2, 0.25) is 0 Å². The Bertz CT molecular complexity index is 144. The van der Waals surface area contributed by atoms with Crippen LogP contribution >= 0.6 is 0 Å². The summed E-state index contributed by atoms with van der Waals surface area (Å²) in [5.74, 6) is 1.94. The Kier molecular flexibility index (Phi) is 4.39. The molecule has 0 radical (unpaired) electrons. The van der Waals surface area contributed by atoms with Crippen LogP contribution in [0.25, 0.3) is 0 Å². The molecule has 10 heavy (non-hydrogen) atoms. The van der Waals surface area contributed by atoms with Crippen molar-refractivity contribution < 1.29 is 9.90 Å². The van der Waals surface area contributed by atoms with Gasteiger partial charge in [-0.25, -0.2) is 0 Å². The van der Waals surface area contributed by atoms with E-state index >= 15 is 0 Å². The van der Waals surface area contributed by atoms with Gasteiger partial charge in [0.15, 0.2) is 0 Å². The second kappa shape index (κ2) is 4.87. The molecule has 0 fully saturated rings. The predicted octanol–water partition coefficient (Wildman–Crippen LogP) is 1.51. The maximum absolute atomic E-state index is 10.1. The first-order valence-corrected chi connectivity index (χ1v) is 3.32. The summed E-state index contributed by atoms with van der Waals surface area (Å²) in [6, 6.07) is 0. The van der Waals surface area contributed by atoms with Crippen LogP contribution < -0.4 is 0 Å². The Morgan fingerprint density at radius 3 is 2.80 bits per heavy atom. The summed E-state index contributed by atoms with van der Waals surface area (Å²) in [5.41, 5.74) is 0. The molecule has 0 aromatic rings. The molecule has 0 aliphatic heterocycles. The van der Waals surface area contributed by atoms with Crippen LogP contribution in [0.5, 0.6) is 0 Å². The van der Waals surface area contributed by atoms with Gasteiger partial charge in [0, 0.05) is 12.8 Å². The minimum Gasteiger partial charge on any atom is -0.481 e. The molecular weight excluding hydrogens is 128 g/mol. The average molecular weight is 140 g/mol. The summed E-state index contributed by atoms with van der Waals surface area (Å²) in [6.45, 7) is 1.89. The molecule has 0 amide bonds. The highest BCUT2D eigenvalue weighted by molar-refractivity contribution is 5.66. The highest BCUT2D eigenvalue weighted by Gasteiger charge is 2.05. The van der Waals surface area contributed by atoms with Gasteiger partial charge in [-0.3, -0.25) is 4.79 Å². The molecular formula is C8H12O2. The van der Waals surface area contributed by atoms with Gasteiger partial charge in [-0.05, 0) is 12.3 Å². The van der Waals surface area contributed by atoms with E-state index < -0.39 is 5.97 Å². The molecule has 0 aromatic carbocycles. The van der Waals surface area contributed by atoms with Crippen LogP contribution in [0.1, 0.15) is 26.2 Å². The standard InChI is InChI=1S/C8H12O2/c1-3-4-5-7(2)6-8(9)10/h1,7H,4-6H2,2H3,(H,9,10)/t7-/m0/s1. The monoisotopic (exact) mass is 140 g/mol. The molecule has 56 valence electrons. The van der Waals surface area contributed by atoms with Crippen molar-refractivity contribution in [3.63, 3.8) is 0 Å². The molecule has 2 heteroatoms. The highest BCUT2D eigenvalue weighted by atomic mass is 16.4. The molecule has 0 bridgehead atoms. The molecule has 0 rings (SSSR count). The third-order valence-electron chi connectivity index (χ3n) is 1.30. The second-order valence-corrected chi connectivity index (χ2v) is 2.45. The van der Waals surface area contributed by atoms with Crippen molar-refractivity contribution in [3.05, 3.63) is 0 Å². The van der Waals surface area contributed by atoms with Gasteiger partial charge in [0.05, 0.1) is 0 Å². The molecule has 2 nitrogen and oxygen atoms in total. The average Bonchev–Trinajstić information content (AvgIpc) is 1.82. The lowest BCUT2D eigenvalue weighted by Gasteiger charge is -2.03. The van der Waals surface area contributed by atoms with Gasteiger partial charge in [-0.15, -0.1) is 12.3 Å². The minimum absolute atomic E-state index is 0.202. The molecule has 1 atom stereocenters. The molecule has 0 unspecified atom stereocenters. The summed E-state index contributed by atoms with van der Waals surface area (Å²) in [6.07, 6.45) is 6.72. The number of carboxylic acid groups (broad SMARTS) is 1. The number of rotatable bonds is 4. The fraction of sp³-hybridized carbons (Fsp3) is 0.625. The Hall–Kier alpha value is -0.970. The quantitative estimate of drug-likeness (QED) is 0.601. The topological polar surface area (TPSA) is 37.3 Å². The van der Waals surface area contributed by atoms with Gasteiger partial charge in [0.25, 0.3) is 0 Å². The van der Waals surface area contributed by atoms with Crippen LogP contribution in [0.2, 0.25) is 0 Å². The highest BCUT2D eigenvalue weighted by Crippen LogP contribution is 2.08. The Balaban J connectivity index is 3.36. The summed E-state index contributed by atoms with van der Waals surface area (Å²) in [7, 11) is 0. The van der Waals surface area contributed by atoms with E-state index in [4.69, 9.17) is 11.5 Å². The maximum Gasteiger partial charge on any atom is 0.303 e. The number of carbonyl (C=O) groups is 1. The summed E-state index contributed by atoms with van der Waals surface area (Å²) >= 11 is 0. The van der Waals surface area contributed by atoms with E-state index in [1.165, 1.54) is 0 Å². The summed E-state index contributed by atoms with van der Waals surface area (Å²) in [4.78, 5) is 10.1. The van der Waals surface area contributed by atoms with Crippen molar-refractivity contribution in [1.82, 2.24) is 0 Å². The fourth-order valence-corrected chi connectivity index (χ4v) is 0.730. The Morgan fingerprint density at radius 2 is 2.40 bits per heavy atom. The Morgan fingerprint density at radius 1 is 1.80 bits per heavy atom. The zero-order valence-electron chi connectivity index (χ0n) is 6.13. The normalized spacial score (nSPS) is 12.0. The van der Waals surface area contributed by atoms with Gasteiger partial charge >= 0.3 is 5.97 Å². The van der Waals surface area contributed by atoms with Crippen molar-refractivity contribution in [2.75, 3.05) is 0 Å². The predicted molar refractivity (Wildman–Crippen MR) is 39.5 cm³/mol. The summed E-state index contributed by atoms with van der Waals surface area (Å²) < 4.78 is 0. The van der Waals surface area contributed by atoms with E-state index in [2.05, 4.69) is 5.92 Å². The SMILES string of the molecule is C#CCC[C@H](C)CC(=O)O. The lowest BCUT2D eigenvalue weighted by Crippen LogP contribution is -2.03. The van der Waals surface area contributed by atoms with Crippen LogP contribution in [0, 0.1) is 18.3 Å². The van der Waals surface area contributed by atoms with Crippen molar-refractivity contribution >= 4 is 5.97 Å². The van der Waals surface area contributed by atoms with Gasteiger partial charge in [0.1, 0.15) is 0 Å². The van der Waals surface area contributed by atoms with E-state index in [0.717, 1.165) is 6.42 Å². The number of carboxylic acids is 1. The molecule has 0 aliphatic carbocycles.